The summed E-state index contributed by atoms with van der Waals surface area (Å²) in [4.78, 5) is 25.2. The van der Waals surface area contributed by atoms with Gasteiger partial charge in [-0.05, 0) is 31.2 Å². The summed E-state index contributed by atoms with van der Waals surface area (Å²) in [5, 5.41) is 7.27. The third-order valence-electron chi connectivity index (χ3n) is 4.58. The van der Waals surface area contributed by atoms with Crippen LogP contribution in [0, 0.1) is 0 Å². The van der Waals surface area contributed by atoms with Gasteiger partial charge in [0.25, 0.3) is 5.91 Å². The van der Waals surface area contributed by atoms with Crippen molar-refractivity contribution in [1.82, 2.24) is 15.1 Å². The molecule has 0 unspecified atom stereocenters. The fourth-order valence-electron chi connectivity index (χ4n) is 2.97. The Hall–Kier alpha value is -3.65. The average Bonchev–Trinajstić information content (AvgIpc) is 3.25. The van der Waals surface area contributed by atoms with Gasteiger partial charge in [0.2, 0.25) is 0 Å². The van der Waals surface area contributed by atoms with E-state index in [1.807, 2.05) is 48.5 Å². The van der Waals surface area contributed by atoms with E-state index in [1.54, 1.807) is 31.2 Å². The summed E-state index contributed by atoms with van der Waals surface area (Å²) < 4.78 is 17.4. The van der Waals surface area contributed by atoms with Gasteiger partial charge in [0, 0.05) is 25.4 Å². The highest BCUT2D eigenvalue weighted by Gasteiger charge is 2.25. The minimum atomic E-state index is -0.977. The molecule has 0 fully saturated rings. The maximum atomic E-state index is 13.0. The lowest BCUT2D eigenvalue weighted by molar-refractivity contribution is -0.129. The Morgan fingerprint density at radius 1 is 1.06 bits per heavy atom. The SMILES string of the molecule is COCCNC(=O)[C@@H](C)OC(=O)c1cn(-c2ccccc2)nc1-c1ccccc1OC. The lowest BCUT2D eigenvalue weighted by atomic mass is 10.1. The minimum absolute atomic E-state index is 0.227. The van der Waals surface area contributed by atoms with Crippen molar-refractivity contribution in [3.8, 4) is 22.7 Å². The number of carbonyl (C=O) groups excluding carboxylic acids is 2. The molecular formula is C23H25N3O5. The average molecular weight is 423 g/mol. The van der Waals surface area contributed by atoms with Crippen LogP contribution in [0.3, 0.4) is 0 Å². The van der Waals surface area contributed by atoms with Crippen molar-refractivity contribution in [2.24, 2.45) is 0 Å². The molecule has 1 atom stereocenters. The van der Waals surface area contributed by atoms with Crippen molar-refractivity contribution < 1.29 is 23.8 Å². The van der Waals surface area contributed by atoms with Gasteiger partial charge < -0.3 is 19.5 Å². The largest absolute Gasteiger partial charge is 0.496 e. The number of methoxy groups -OCH3 is 2. The van der Waals surface area contributed by atoms with E-state index in [2.05, 4.69) is 10.4 Å². The molecule has 0 aliphatic rings. The molecule has 1 aromatic heterocycles. The van der Waals surface area contributed by atoms with Crippen LogP contribution in [0.1, 0.15) is 17.3 Å². The maximum Gasteiger partial charge on any atom is 0.342 e. The van der Waals surface area contributed by atoms with Crippen molar-refractivity contribution in [2.45, 2.75) is 13.0 Å². The van der Waals surface area contributed by atoms with Crippen LogP contribution in [-0.2, 0) is 14.3 Å². The molecule has 3 rings (SSSR count). The number of ether oxygens (including phenoxy) is 3. The van der Waals surface area contributed by atoms with Gasteiger partial charge in [-0.2, -0.15) is 5.10 Å². The molecular weight excluding hydrogens is 398 g/mol. The molecule has 31 heavy (non-hydrogen) atoms. The molecule has 8 heteroatoms. The lowest BCUT2D eigenvalue weighted by Gasteiger charge is -2.13. The highest BCUT2D eigenvalue weighted by Crippen LogP contribution is 2.32. The molecule has 1 N–H and O–H groups in total. The van der Waals surface area contributed by atoms with Crippen molar-refractivity contribution in [3.05, 3.63) is 66.4 Å². The lowest BCUT2D eigenvalue weighted by Crippen LogP contribution is -2.37. The molecule has 8 nitrogen and oxygen atoms in total. The standard InChI is InChI=1S/C23H25N3O5/c1-16(22(27)24-13-14-29-2)31-23(28)19-15-26(17-9-5-4-6-10-17)25-21(19)18-11-7-8-12-20(18)30-3/h4-12,15-16H,13-14H2,1-3H3,(H,24,27)/t16-/m1/s1. The van der Waals surface area contributed by atoms with Crippen molar-refractivity contribution in [2.75, 3.05) is 27.4 Å². The molecule has 1 heterocycles. The summed E-state index contributed by atoms with van der Waals surface area (Å²) in [5.74, 6) is -0.489. The Bertz CT molecular complexity index is 1030. The molecule has 0 aliphatic carbocycles. The molecule has 0 saturated carbocycles. The number of amides is 1. The van der Waals surface area contributed by atoms with Gasteiger partial charge in [-0.25, -0.2) is 9.48 Å². The Morgan fingerprint density at radius 3 is 2.48 bits per heavy atom. The number of esters is 1. The van der Waals surface area contributed by atoms with Crippen molar-refractivity contribution in [1.29, 1.82) is 0 Å². The molecule has 1 amide bonds. The van der Waals surface area contributed by atoms with E-state index in [1.165, 1.54) is 6.92 Å². The zero-order valence-corrected chi connectivity index (χ0v) is 17.7. The molecule has 0 radical (unpaired) electrons. The van der Waals surface area contributed by atoms with Crippen LogP contribution in [0.2, 0.25) is 0 Å². The zero-order chi connectivity index (χ0) is 22.2. The summed E-state index contributed by atoms with van der Waals surface area (Å²) in [6.45, 7) is 2.22. The van der Waals surface area contributed by atoms with E-state index in [4.69, 9.17) is 14.2 Å². The fourth-order valence-corrected chi connectivity index (χ4v) is 2.97. The van der Waals surface area contributed by atoms with E-state index in [-0.39, 0.29) is 5.56 Å². The van der Waals surface area contributed by atoms with E-state index >= 15 is 0 Å². The topological polar surface area (TPSA) is 91.7 Å². The quantitative estimate of drug-likeness (QED) is 0.420. The number of nitrogens with zero attached hydrogens (tertiary/aromatic N) is 2. The predicted octanol–water partition coefficient (Wildman–Crippen LogP) is 2.86. The van der Waals surface area contributed by atoms with Crippen LogP contribution in [0.15, 0.2) is 60.8 Å². The Labute approximate surface area is 180 Å². The van der Waals surface area contributed by atoms with Crippen LogP contribution in [0.5, 0.6) is 5.75 Å². The first-order valence-electron chi connectivity index (χ1n) is 9.81. The number of hydrogen-bond donors (Lipinski definition) is 1. The molecule has 3 aromatic rings. The summed E-state index contributed by atoms with van der Waals surface area (Å²) in [7, 11) is 3.09. The Balaban J connectivity index is 1.93. The van der Waals surface area contributed by atoms with E-state index < -0.39 is 18.0 Å². The van der Waals surface area contributed by atoms with Crippen LogP contribution in [-0.4, -0.2) is 55.1 Å². The molecule has 2 aromatic carbocycles. The third-order valence-corrected chi connectivity index (χ3v) is 4.58. The number of rotatable bonds is 9. The first-order valence-corrected chi connectivity index (χ1v) is 9.81. The summed E-state index contributed by atoms with van der Waals surface area (Å²) in [6, 6.07) is 16.7. The van der Waals surface area contributed by atoms with E-state index in [0.717, 1.165) is 5.69 Å². The van der Waals surface area contributed by atoms with Gasteiger partial charge in [-0.1, -0.05) is 30.3 Å². The fraction of sp³-hybridized carbons (Fsp3) is 0.261. The monoisotopic (exact) mass is 423 g/mol. The van der Waals surface area contributed by atoms with Crippen molar-refractivity contribution >= 4 is 11.9 Å². The number of carbonyl (C=O) groups is 2. The van der Waals surface area contributed by atoms with Crippen molar-refractivity contribution in [3.63, 3.8) is 0 Å². The van der Waals surface area contributed by atoms with Crippen LogP contribution in [0.4, 0.5) is 0 Å². The van der Waals surface area contributed by atoms with E-state index in [0.29, 0.717) is 30.2 Å². The number of aromatic nitrogens is 2. The molecule has 0 bridgehead atoms. The van der Waals surface area contributed by atoms with Crippen LogP contribution < -0.4 is 10.1 Å². The second kappa shape index (κ2) is 10.4. The van der Waals surface area contributed by atoms with Crippen LogP contribution in [0.25, 0.3) is 16.9 Å². The number of para-hydroxylation sites is 2. The zero-order valence-electron chi connectivity index (χ0n) is 17.7. The second-order valence-electron chi connectivity index (χ2n) is 6.70. The van der Waals surface area contributed by atoms with E-state index in [9.17, 15) is 9.59 Å². The molecule has 0 saturated heterocycles. The van der Waals surface area contributed by atoms with Gasteiger partial charge >= 0.3 is 5.97 Å². The van der Waals surface area contributed by atoms with Gasteiger partial charge in [0.15, 0.2) is 6.10 Å². The number of benzene rings is 2. The predicted molar refractivity (Wildman–Crippen MR) is 115 cm³/mol. The number of hydrogen-bond acceptors (Lipinski definition) is 6. The first-order chi connectivity index (χ1) is 15.0. The highest BCUT2D eigenvalue weighted by atomic mass is 16.5. The molecule has 162 valence electrons. The van der Waals surface area contributed by atoms with Gasteiger partial charge in [-0.3, -0.25) is 4.79 Å². The highest BCUT2D eigenvalue weighted by molar-refractivity contribution is 5.98. The van der Waals surface area contributed by atoms with Gasteiger partial charge in [0.05, 0.1) is 19.4 Å². The van der Waals surface area contributed by atoms with Gasteiger partial charge in [0.1, 0.15) is 17.0 Å². The maximum absolute atomic E-state index is 13.0. The van der Waals surface area contributed by atoms with Gasteiger partial charge in [-0.15, -0.1) is 0 Å². The summed E-state index contributed by atoms with van der Waals surface area (Å²) in [6.07, 6.45) is 0.615. The normalized spacial score (nSPS) is 11.6. The third kappa shape index (κ3) is 5.29. The summed E-state index contributed by atoms with van der Waals surface area (Å²) in [5.41, 5.74) is 2.05. The smallest absolute Gasteiger partial charge is 0.342 e. The molecule has 0 spiro atoms. The second-order valence-corrected chi connectivity index (χ2v) is 6.70. The minimum Gasteiger partial charge on any atom is -0.496 e. The summed E-state index contributed by atoms with van der Waals surface area (Å²) >= 11 is 0. The number of nitrogens with one attached hydrogen (secondary N) is 1. The Morgan fingerprint density at radius 2 is 1.77 bits per heavy atom. The molecule has 0 aliphatic heterocycles. The Kier molecular flexibility index (Phi) is 7.40. The van der Waals surface area contributed by atoms with Crippen LogP contribution >= 0.6 is 0 Å². The first kappa shape index (κ1) is 22.0.